The molecule has 2 aromatic heterocycles. The molecule has 3 N–H and O–H groups in total. The van der Waals surface area contributed by atoms with Crippen molar-refractivity contribution in [3.05, 3.63) is 77.4 Å². The monoisotopic (exact) mass is 713 g/mol. The van der Waals surface area contributed by atoms with Crippen LogP contribution < -0.4 is 18.9 Å². The molecule has 0 saturated carbocycles. The molecule has 0 unspecified atom stereocenters. The van der Waals surface area contributed by atoms with Crippen LogP contribution in [0.1, 0.15) is 74.1 Å². The summed E-state index contributed by atoms with van der Waals surface area (Å²) in [5.41, 5.74) is 6.43. The number of nitrogens with zero attached hydrogens (tertiary/aromatic N) is 3. The minimum absolute atomic E-state index is 0.0340. The highest BCUT2D eigenvalue weighted by atomic mass is 16.5. The molecule has 276 valence electrons. The van der Waals surface area contributed by atoms with E-state index in [4.69, 9.17) is 28.3 Å². The van der Waals surface area contributed by atoms with Gasteiger partial charge in [-0.05, 0) is 92.4 Å². The van der Waals surface area contributed by atoms with Crippen molar-refractivity contribution < 1.29 is 43.4 Å². The van der Waals surface area contributed by atoms with Gasteiger partial charge in [0.1, 0.15) is 0 Å². The smallest absolute Gasteiger partial charge is 0.454 e. The van der Waals surface area contributed by atoms with Crippen molar-refractivity contribution in [3.63, 3.8) is 0 Å². The van der Waals surface area contributed by atoms with Crippen molar-refractivity contribution >= 4 is 14.2 Å². The van der Waals surface area contributed by atoms with E-state index in [-0.39, 0.29) is 11.8 Å². The molecule has 4 heterocycles. The second kappa shape index (κ2) is 18.5. The van der Waals surface area contributed by atoms with E-state index in [0.717, 1.165) is 57.9 Å². The van der Waals surface area contributed by atoms with Crippen molar-refractivity contribution in [1.82, 2.24) is 15.0 Å². The maximum absolute atomic E-state index is 10.1. The van der Waals surface area contributed by atoms with Crippen molar-refractivity contribution in [1.29, 1.82) is 0 Å². The third-order valence-electron chi connectivity index (χ3n) is 9.08. The quantitative estimate of drug-likeness (QED) is 0.139. The summed E-state index contributed by atoms with van der Waals surface area (Å²) in [5.74, 6) is 3.38. The van der Waals surface area contributed by atoms with Crippen molar-refractivity contribution in [2.45, 2.75) is 71.1 Å². The molecular formula is C38H49B2N3O9. The van der Waals surface area contributed by atoms with E-state index in [1.54, 1.807) is 27.2 Å². The van der Waals surface area contributed by atoms with E-state index >= 15 is 0 Å². The predicted molar refractivity (Wildman–Crippen MR) is 200 cm³/mol. The van der Waals surface area contributed by atoms with Crippen LogP contribution in [0, 0.1) is 6.92 Å². The number of hydrogen-bond donors (Lipinski definition) is 3. The van der Waals surface area contributed by atoms with E-state index < -0.39 is 20.3 Å². The number of hydrogen-bond acceptors (Lipinski definition) is 12. The predicted octanol–water partition coefficient (Wildman–Crippen LogP) is 6.04. The first-order valence-electron chi connectivity index (χ1n) is 17.9. The Bertz CT molecular complexity index is 1780. The first-order valence-corrected chi connectivity index (χ1v) is 17.9. The molecule has 12 nitrogen and oxygen atoms in total. The van der Waals surface area contributed by atoms with Gasteiger partial charge in [0.25, 0.3) is 0 Å². The number of aromatic nitrogens is 3. The Hall–Kier alpha value is -4.20. The largest absolute Gasteiger partial charge is 0.493 e. The molecule has 6 rings (SSSR count). The van der Waals surface area contributed by atoms with Crippen molar-refractivity contribution in [2.75, 3.05) is 40.6 Å². The van der Waals surface area contributed by atoms with Gasteiger partial charge in [-0.1, -0.05) is 19.9 Å². The van der Waals surface area contributed by atoms with Gasteiger partial charge in [0.2, 0.25) is 0 Å². The van der Waals surface area contributed by atoms with Crippen LogP contribution in [-0.4, -0.2) is 85.0 Å². The highest BCUT2D eigenvalue weighted by molar-refractivity contribution is 6.44. The number of ether oxygens (including phenoxy) is 4. The van der Waals surface area contributed by atoms with Gasteiger partial charge in [-0.2, -0.15) is 0 Å². The number of methoxy groups -OCH3 is 2. The Kier molecular flexibility index (Phi) is 13.9. The molecule has 52 heavy (non-hydrogen) atoms. The van der Waals surface area contributed by atoms with E-state index in [2.05, 4.69) is 28.8 Å². The Morgan fingerprint density at radius 1 is 0.788 bits per heavy atom. The molecule has 2 fully saturated rings. The molecule has 0 bridgehead atoms. The van der Waals surface area contributed by atoms with Gasteiger partial charge >= 0.3 is 14.2 Å². The average molecular weight is 713 g/mol. The maximum Gasteiger partial charge on any atom is 0.454 e. The number of aliphatic hydroxyl groups is 1. The number of pyridine rings is 1. The van der Waals surface area contributed by atoms with E-state index in [9.17, 15) is 15.2 Å². The minimum Gasteiger partial charge on any atom is -0.493 e. The Labute approximate surface area is 306 Å². The fraction of sp³-hybridized carbons (Fsp3) is 0.447. The van der Waals surface area contributed by atoms with Crippen molar-refractivity contribution in [2.24, 2.45) is 0 Å². The van der Waals surface area contributed by atoms with Gasteiger partial charge in [-0.15, -0.1) is 0 Å². The Morgan fingerprint density at radius 3 is 1.90 bits per heavy atom. The molecule has 2 aromatic carbocycles. The summed E-state index contributed by atoms with van der Waals surface area (Å²) in [4.78, 5) is 13.6. The zero-order chi connectivity index (χ0) is 37.2. The summed E-state index contributed by atoms with van der Waals surface area (Å²) in [6.07, 6.45) is 5.93. The van der Waals surface area contributed by atoms with Crippen LogP contribution in [0.25, 0.3) is 22.5 Å². The van der Waals surface area contributed by atoms with Gasteiger partial charge in [-0.25, -0.2) is 9.97 Å². The summed E-state index contributed by atoms with van der Waals surface area (Å²) in [7, 11) is 1.79. The second-order valence-corrected chi connectivity index (χ2v) is 13.0. The molecule has 0 amide bonds. The van der Waals surface area contributed by atoms with Crippen molar-refractivity contribution in [3.8, 4) is 45.5 Å². The number of aliphatic hydroxyl groups excluding tert-OH is 1. The molecule has 0 radical (unpaired) electrons. The molecular weight excluding hydrogens is 664 g/mol. The van der Waals surface area contributed by atoms with Crippen LogP contribution in [0.15, 0.2) is 54.9 Å². The zero-order valence-corrected chi connectivity index (χ0v) is 30.9. The molecule has 3 atom stereocenters. The van der Waals surface area contributed by atoms with E-state index in [1.807, 2.05) is 55.7 Å². The van der Waals surface area contributed by atoms with Crippen LogP contribution in [0.3, 0.4) is 0 Å². The van der Waals surface area contributed by atoms with Crippen LogP contribution >= 0.6 is 0 Å². The van der Waals surface area contributed by atoms with Gasteiger partial charge in [0.05, 0.1) is 39.2 Å². The summed E-state index contributed by atoms with van der Waals surface area (Å²) < 4.78 is 32.9. The molecule has 0 spiro atoms. The SMILES string of the molecule is CCCOc1cc(-c2cncc([C@@H]3COB(O)C3)c2C)ccc1OC.CCCOc1cc(-c2nc([C@H]3COB(O)C3)cc([C@@H](C)O)n2)ccc1OC. The molecule has 14 heteroatoms. The number of rotatable bonds is 13. The molecule has 2 aliphatic heterocycles. The number of benzene rings is 2. The fourth-order valence-electron chi connectivity index (χ4n) is 6.23. The lowest BCUT2D eigenvalue weighted by molar-refractivity contribution is 0.194. The van der Waals surface area contributed by atoms with Crippen LogP contribution in [0.5, 0.6) is 23.0 Å². The summed E-state index contributed by atoms with van der Waals surface area (Å²) in [5, 5.41) is 29.3. The molecule has 4 aromatic rings. The van der Waals surface area contributed by atoms with Crippen LogP contribution in [-0.2, 0) is 9.31 Å². The Balaban J connectivity index is 0.000000202. The first kappa shape index (κ1) is 39.0. The summed E-state index contributed by atoms with van der Waals surface area (Å²) in [6.45, 7) is 10.0. The van der Waals surface area contributed by atoms with Gasteiger partial charge < -0.3 is 43.4 Å². The van der Waals surface area contributed by atoms with Crippen LogP contribution in [0.2, 0.25) is 12.6 Å². The lowest BCUT2D eigenvalue weighted by Crippen LogP contribution is -2.09. The molecule has 0 aliphatic carbocycles. The highest BCUT2D eigenvalue weighted by Gasteiger charge is 2.32. The highest BCUT2D eigenvalue weighted by Crippen LogP contribution is 2.38. The maximum atomic E-state index is 10.1. The van der Waals surface area contributed by atoms with Gasteiger partial charge in [0.15, 0.2) is 28.8 Å². The lowest BCUT2D eigenvalue weighted by Gasteiger charge is -2.16. The fourth-order valence-corrected chi connectivity index (χ4v) is 6.23. The third-order valence-corrected chi connectivity index (χ3v) is 9.08. The topological polar surface area (TPSA) is 155 Å². The first-order chi connectivity index (χ1) is 25.1. The molecule has 2 aliphatic rings. The third kappa shape index (κ3) is 9.61. The standard InChI is InChI=1S/C19H25BN2O5.C19H24BNO4/c1-4-7-26-18-8-13(5-6-17(18)25-3)19-21-15(12(2)23)9-16(22-19)14-10-20(24)27-11-14;1-4-7-24-19-8-14(5-6-18(19)23-3)16-10-21-11-17(13(16)2)15-9-20(22)25-12-15/h5-6,8-9,12,14,23-24H,4,7,10-11H2,1-3H3;5-6,8,10-11,15,22H,4,7,9,12H2,1-3H3/t12-,14-;15-/m10/s1. The second-order valence-electron chi connectivity index (χ2n) is 13.0. The van der Waals surface area contributed by atoms with Gasteiger partial charge in [-0.3, -0.25) is 4.98 Å². The Morgan fingerprint density at radius 2 is 1.37 bits per heavy atom. The summed E-state index contributed by atoms with van der Waals surface area (Å²) in [6, 6.07) is 13.3. The van der Waals surface area contributed by atoms with E-state index in [1.165, 1.54) is 0 Å². The normalized spacial score (nSPS) is 17.4. The zero-order valence-electron chi connectivity index (χ0n) is 30.9. The van der Waals surface area contributed by atoms with Gasteiger partial charge in [0, 0.05) is 54.3 Å². The lowest BCUT2D eigenvalue weighted by atomic mass is 9.78. The molecule has 2 saturated heterocycles. The van der Waals surface area contributed by atoms with E-state index in [0.29, 0.717) is 62.1 Å². The average Bonchev–Trinajstić information content (AvgIpc) is 3.80. The summed E-state index contributed by atoms with van der Waals surface area (Å²) >= 11 is 0. The minimum atomic E-state index is -0.779. The van der Waals surface area contributed by atoms with Crippen LogP contribution in [0.4, 0.5) is 0 Å².